The van der Waals surface area contributed by atoms with E-state index in [2.05, 4.69) is 29.4 Å². The zero-order valence-electron chi connectivity index (χ0n) is 12.8. The number of ether oxygens (including phenoxy) is 2. The Morgan fingerprint density at radius 3 is 2.38 bits per heavy atom. The maximum Gasteiger partial charge on any atom is 0.155 e. The van der Waals surface area contributed by atoms with Crippen molar-refractivity contribution in [2.45, 2.75) is 20.4 Å². The molecule has 0 radical (unpaired) electrons. The van der Waals surface area contributed by atoms with E-state index in [0.717, 1.165) is 40.2 Å². The molecule has 0 unspecified atom stereocenters. The lowest BCUT2D eigenvalue weighted by Gasteiger charge is -2.10. The number of rotatable bonds is 7. The van der Waals surface area contributed by atoms with Gasteiger partial charge in [-0.05, 0) is 24.6 Å². The largest absolute Gasteiger partial charge is 0.496 e. The fraction of sp³-hybridized carbons (Fsp3) is 0.467. The van der Waals surface area contributed by atoms with Crippen molar-refractivity contribution in [3.05, 3.63) is 23.2 Å². The van der Waals surface area contributed by atoms with Crippen LogP contribution in [0.25, 0.3) is 10.6 Å². The smallest absolute Gasteiger partial charge is 0.155 e. The summed E-state index contributed by atoms with van der Waals surface area (Å²) in [4.78, 5) is 0. The van der Waals surface area contributed by atoms with Gasteiger partial charge in [0.1, 0.15) is 16.5 Å². The first-order valence-electron chi connectivity index (χ1n) is 6.90. The molecule has 0 saturated heterocycles. The first-order valence-corrected chi connectivity index (χ1v) is 7.71. The monoisotopic (exact) mass is 307 g/mol. The highest BCUT2D eigenvalue weighted by Gasteiger charge is 2.16. The Balaban J connectivity index is 2.21. The summed E-state index contributed by atoms with van der Waals surface area (Å²) in [7, 11) is 3.29. The van der Waals surface area contributed by atoms with Crippen LogP contribution in [0.3, 0.4) is 0 Å². The summed E-state index contributed by atoms with van der Waals surface area (Å²) in [6, 6.07) is 5.69. The summed E-state index contributed by atoms with van der Waals surface area (Å²) < 4.78 is 10.8. The van der Waals surface area contributed by atoms with Crippen molar-refractivity contribution in [1.82, 2.24) is 15.5 Å². The molecule has 0 spiro atoms. The predicted octanol–water partition coefficient (Wildman–Crippen LogP) is 2.97. The lowest BCUT2D eigenvalue weighted by molar-refractivity contribution is 0.397. The number of nitrogens with zero attached hydrogens (tertiary/aromatic N) is 2. The Morgan fingerprint density at radius 2 is 1.81 bits per heavy atom. The van der Waals surface area contributed by atoms with E-state index in [4.69, 9.17) is 9.47 Å². The zero-order valence-corrected chi connectivity index (χ0v) is 13.7. The van der Waals surface area contributed by atoms with Gasteiger partial charge in [-0.3, -0.25) is 0 Å². The van der Waals surface area contributed by atoms with Gasteiger partial charge in [0.25, 0.3) is 0 Å². The van der Waals surface area contributed by atoms with Crippen LogP contribution in [0.15, 0.2) is 18.2 Å². The number of hydrogen-bond donors (Lipinski definition) is 1. The second kappa shape index (κ2) is 7.38. The van der Waals surface area contributed by atoms with Gasteiger partial charge in [-0.25, -0.2) is 0 Å². The average molecular weight is 307 g/mol. The van der Waals surface area contributed by atoms with E-state index >= 15 is 0 Å². The second-order valence-corrected chi connectivity index (χ2v) is 6.13. The molecule has 0 aliphatic heterocycles. The summed E-state index contributed by atoms with van der Waals surface area (Å²) in [5, 5.41) is 13.6. The van der Waals surface area contributed by atoms with Gasteiger partial charge in [-0.1, -0.05) is 31.3 Å². The van der Waals surface area contributed by atoms with E-state index < -0.39 is 0 Å². The molecule has 2 aromatic rings. The number of hydrogen-bond acceptors (Lipinski definition) is 6. The second-order valence-electron chi connectivity index (χ2n) is 5.06. The Hall–Kier alpha value is -1.66. The third kappa shape index (κ3) is 3.92. The molecule has 0 aliphatic rings. The normalized spacial score (nSPS) is 10.9. The van der Waals surface area contributed by atoms with Gasteiger partial charge in [0, 0.05) is 6.54 Å². The minimum atomic E-state index is 0.617. The van der Waals surface area contributed by atoms with Crippen molar-refractivity contribution in [3.63, 3.8) is 0 Å². The van der Waals surface area contributed by atoms with Crippen LogP contribution in [0.1, 0.15) is 18.9 Å². The fourth-order valence-corrected chi connectivity index (χ4v) is 2.82. The Bertz CT molecular complexity index is 562. The van der Waals surface area contributed by atoms with Crippen LogP contribution in [0.5, 0.6) is 11.5 Å². The van der Waals surface area contributed by atoms with Crippen molar-refractivity contribution in [2.24, 2.45) is 5.92 Å². The van der Waals surface area contributed by atoms with E-state index in [9.17, 15) is 0 Å². The van der Waals surface area contributed by atoms with Gasteiger partial charge in [0.2, 0.25) is 0 Å². The fourth-order valence-electron chi connectivity index (χ4n) is 1.96. The molecule has 0 aliphatic carbocycles. The molecule has 0 bridgehead atoms. The summed E-state index contributed by atoms with van der Waals surface area (Å²) in [6.07, 6.45) is 0. The molecule has 5 nitrogen and oxygen atoms in total. The molecule has 1 N–H and O–H groups in total. The maximum absolute atomic E-state index is 5.41. The van der Waals surface area contributed by atoms with Crippen LogP contribution >= 0.6 is 11.3 Å². The molecule has 1 heterocycles. The first kappa shape index (κ1) is 15.7. The Labute approximate surface area is 129 Å². The molecule has 6 heteroatoms. The number of benzene rings is 1. The van der Waals surface area contributed by atoms with E-state index in [-0.39, 0.29) is 0 Å². The Morgan fingerprint density at radius 1 is 1.14 bits per heavy atom. The van der Waals surface area contributed by atoms with Crippen molar-refractivity contribution < 1.29 is 9.47 Å². The molecular weight excluding hydrogens is 286 g/mol. The third-order valence-corrected chi connectivity index (χ3v) is 3.88. The van der Waals surface area contributed by atoms with Gasteiger partial charge in [0.05, 0.1) is 19.8 Å². The van der Waals surface area contributed by atoms with Gasteiger partial charge in [0.15, 0.2) is 5.01 Å². The van der Waals surface area contributed by atoms with Gasteiger partial charge in [-0.15, -0.1) is 10.2 Å². The minimum Gasteiger partial charge on any atom is -0.496 e. The average Bonchev–Trinajstić information content (AvgIpc) is 2.94. The minimum absolute atomic E-state index is 0.617. The topological polar surface area (TPSA) is 56.3 Å². The zero-order chi connectivity index (χ0) is 15.2. The number of aromatic nitrogens is 2. The summed E-state index contributed by atoms with van der Waals surface area (Å²) in [5.74, 6) is 2.10. The van der Waals surface area contributed by atoms with E-state index in [0.29, 0.717) is 5.92 Å². The Kier molecular flexibility index (Phi) is 5.52. The molecule has 1 aromatic carbocycles. The highest BCUT2D eigenvalue weighted by molar-refractivity contribution is 7.14. The maximum atomic E-state index is 5.41. The molecule has 0 atom stereocenters. The van der Waals surface area contributed by atoms with E-state index in [1.165, 1.54) is 0 Å². The quantitative estimate of drug-likeness (QED) is 0.852. The molecule has 2 rings (SSSR count). The van der Waals surface area contributed by atoms with Gasteiger partial charge >= 0.3 is 0 Å². The lowest BCUT2D eigenvalue weighted by atomic mass is 10.2. The third-order valence-electron chi connectivity index (χ3n) is 2.94. The summed E-state index contributed by atoms with van der Waals surface area (Å²) >= 11 is 1.55. The number of methoxy groups -OCH3 is 2. The highest BCUT2D eigenvalue weighted by Crippen LogP contribution is 2.39. The standard InChI is InChI=1S/C15H21N3O2S/c1-10(2)8-16-9-13-17-18-15(21-13)14-11(19-3)6-5-7-12(14)20-4/h5-7,10,16H,8-9H2,1-4H3. The number of nitrogens with one attached hydrogen (secondary N) is 1. The van der Waals surface area contributed by atoms with Crippen molar-refractivity contribution in [3.8, 4) is 22.1 Å². The van der Waals surface area contributed by atoms with E-state index in [1.807, 2.05) is 18.2 Å². The van der Waals surface area contributed by atoms with Crippen molar-refractivity contribution in [2.75, 3.05) is 20.8 Å². The summed E-state index contributed by atoms with van der Waals surface area (Å²) in [5.41, 5.74) is 0.857. The summed E-state index contributed by atoms with van der Waals surface area (Å²) in [6.45, 7) is 6.05. The highest BCUT2D eigenvalue weighted by atomic mass is 32.1. The molecule has 1 aromatic heterocycles. The molecular formula is C15H21N3O2S. The lowest BCUT2D eigenvalue weighted by Crippen LogP contribution is -2.18. The first-order chi connectivity index (χ1) is 10.2. The predicted molar refractivity (Wildman–Crippen MR) is 85.0 cm³/mol. The molecule has 21 heavy (non-hydrogen) atoms. The van der Waals surface area contributed by atoms with Crippen LogP contribution in [0.4, 0.5) is 0 Å². The molecule has 0 fully saturated rings. The van der Waals surface area contributed by atoms with Crippen LogP contribution in [-0.4, -0.2) is 31.0 Å². The molecule has 0 saturated carbocycles. The van der Waals surface area contributed by atoms with Crippen molar-refractivity contribution >= 4 is 11.3 Å². The van der Waals surface area contributed by atoms with Crippen LogP contribution in [0, 0.1) is 5.92 Å². The molecule has 0 amide bonds. The SMILES string of the molecule is COc1cccc(OC)c1-c1nnc(CNCC(C)C)s1. The van der Waals surface area contributed by atoms with Crippen LogP contribution in [0.2, 0.25) is 0 Å². The van der Waals surface area contributed by atoms with Gasteiger partial charge < -0.3 is 14.8 Å². The van der Waals surface area contributed by atoms with Crippen LogP contribution in [-0.2, 0) is 6.54 Å². The molecule has 114 valence electrons. The van der Waals surface area contributed by atoms with E-state index in [1.54, 1.807) is 25.6 Å². The van der Waals surface area contributed by atoms with Crippen molar-refractivity contribution in [1.29, 1.82) is 0 Å². The van der Waals surface area contributed by atoms with Gasteiger partial charge in [-0.2, -0.15) is 0 Å². The van der Waals surface area contributed by atoms with Crippen LogP contribution < -0.4 is 14.8 Å².